The van der Waals surface area contributed by atoms with Gasteiger partial charge in [0.2, 0.25) is 0 Å². The number of aliphatic hydroxyl groups is 2. The minimum absolute atomic E-state index is 0.162. The molecule has 0 aromatic heterocycles. The van der Waals surface area contributed by atoms with E-state index < -0.39 is 5.97 Å². The van der Waals surface area contributed by atoms with Gasteiger partial charge < -0.3 is 15.3 Å². The van der Waals surface area contributed by atoms with E-state index in [2.05, 4.69) is 34.6 Å². The Morgan fingerprint density at radius 2 is 1.17 bits per heavy atom. The van der Waals surface area contributed by atoms with Crippen LogP contribution in [0.4, 0.5) is 0 Å². The van der Waals surface area contributed by atoms with Crippen LogP contribution in [0.25, 0.3) is 0 Å². The van der Waals surface area contributed by atoms with E-state index >= 15 is 0 Å². The Morgan fingerprint density at radius 1 is 0.750 bits per heavy atom. The molecule has 4 heteroatoms. The maximum atomic E-state index is 10.2. The summed E-state index contributed by atoms with van der Waals surface area (Å²) >= 11 is 0. The molecule has 0 radical (unpaired) electrons. The Kier molecular flexibility index (Phi) is 26.3. The molecular weight excluding hydrogens is 304 g/mol. The van der Waals surface area contributed by atoms with Crippen molar-refractivity contribution in [1.29, 1.82) is 0 Å². The maximum absolute atomic E-state index is 10.2. The van der Waals surface area contributed by atoms with Crippen molar-refractivity contribution in [1.82, 2.24) is 0 Å². The van der Waals surface area contributed by atoms with Crippen molar-refractivity contribution in [3.8, 4) is 0 Å². The van der Waals surface area contributed by atoms with Crippen LogP contribution < -0.4 is 0 Å². The molecule has 0 saturated carbocycles. The number of carboxylic acids is 1. The van der Waals surface area contributed by atoms with E-state index in [1.54, 1.807) is 6.92 Å². The molecule has 0 fully saturated rings. The zero-order valence-corrected chi connectivity index (χ0v) is 17.1. The molecule has 0 saturated heterocycles. The molecule has 24 heavy (non-hydrogen) atoms. The predicted octanol–water partition coefficient (Wildman–Crippen LogP) is 5.12. The van der Waals surface area contributed by atoms with Gasteiger partial charge in [-0.1, -0.05) is 73.6 Å². The van der Waals surface area contributed by atoms with E-state index in [9.17, 15) is 4.79 Å². The SMILES string of the molecule is CCCC(C)CO.CCCCC(C)C(=O)O.CCCCC(C)CO. The zero-order chi connectivity index (χ0) is 19.4. The third-order valence-corrected chi connectivity index (χ3v) is 3.87. The van der Waals surface area contributed by atoms with E-state index in [1.165, 1.54) is 25.7 Å². The molecule has 0 amide bonds. The van der Waals surface area contributed by atoms with Crippen LogP contribution in [-0.2, 0) is 4.79 Å². The van der Waals surface area contributed by atoms with Gasteiger partial charge in [-0.2, -0.15) is 0 Å². The van der Waals surface area contributed by atoms with Crippen molar-refractivity contribution in [3.05, 3.63) is 0 Å². The number of unbranched alkanes of at least 4 members (excludes halogenated alkanes) is 2. The highest BCUT2D eigenvalue weighted by molar-refractivity contribution is 5.69. The second kappa shape index (κ2) is 22.4. The summed E-state index contributed by atoms with van der Waals surface area (Å²) in [7, 11) is 0. The Morgan fingerprint density at radius 3 is 1.46 bits per heavy atom. The van der Waals surface area contributed by atoms with Crippen LogP contribution in [0, 0.1) is 17.8 Å². The van der Waals surface area contributed by atoms with Gasteiger partial charge in [-0.05, 0) is 31.1 Å². The Bertz CT molecular complexity index is 244. The third-order valence-electron chi connectivity index (χ3n) is 3.87. The Labute approximate surface area is 150 Å². The fourth-order valence-electron chi connectivity index (χ4n) is 1.86. The number of carboxylic acid groups (broad SMARTS) is 1. The van der Waals surface area contributed by atoms with E-state index in [4.69, 9.17) is 15.3 Å². The zero-order valence-electron chi connectivity index (χ0n) is 17.1. The van der Waals surface area contributed by atoms with Crippen molar-refractivity contribution in [2.45, 2.75) is 92.9 Å². The molecule has 0 spiro atoms. The number of rotatable bonds is 11. The highest BCUT2D eigenvalue weighted by Gasteiger charge is 2.08. The molecule has 3 atom stereocenters. The van der Waals surface area contributed by atoms with Crippen molar-refractivity contribution in [3.63, 3.8) is 0 Å². The fraction of sp³-hybridized carbons (Fsp3) is 0.950. The average Bonchev–Trinajstić information content (AvgIpc) is 2.58. The summed E-state index contributed by atoms with van der Waals surface area (Å²) in [5.74, 6) is 0.174. The van der Waals surface area contributed by atoms with Gasteiger partial charge in [0.05, 0.1) is 5.92 Å². The van der Waals surface area contributed by atoms with E-state index in [-0.39, 0.29) is 5.92 Å². The van der Waals surface area contributed by atoms with Crippen LogP contribution in [0.3, 0.4) is 0 Å². The molecule has 148 valence electrons. The van der Waals surface area contributed by atoms with Crippen molar-refractivity contribution in [2.24, 2.45) is 17.8 Å². The molecule has 0 aliphatic carbocycles. The summed E-state index contributed by atoms with van der Waals surface area (Å²) < 4.78 is 0. The summed E-state index contributed by atoms with van der Waals surface area (Å²) in [6, 6.07) is 0. The lowest BCUT2D eigenvalue weighted by molar-refractivity contribution is -0.141. The van der Waals surface area contributed by atoms with Crippen LogP contribution in [0.1, 0.15) is 92.9 Å². The largest absolute Gasteiger partial charge is 0.481 e. The monoisotopic (exact) mass is 348 g/mol. The average molecular weight is 349 g/mol. The molecule has 0 aliphatic rings. The summed E-state index contributed by atoms with van der Waals surface area (Å²) in [6.07, 6.45) is 8.91. The maximum Gasteiger partial charge on any atom is 0.306 e. The van der Waals surface area contributed by atoms with Gasteiger partial charge in [0, 0.05) is 13.2 Å². The highest BCUT2D eigenvalue weighted by atomic mass is 16.4. The molecule has 3 N–H and O–H groups in total. The highest BCUT2D eigenvalue weighted by Crippen LogP contribution is 2.06. The fourth-order valence-corrected chi connectivity index (χ4v) is 1.86. The van der Waals surface area contributed by atoms with Crippen LogP contribution in [0.2, 0.25) is 0 Å². The van der Waals surface area contributed by atoms with Crippen LogP contribution in [0.5, 0.6) is 0 Å². The van der Waals surface area contributed by atoms with Gasteiger partial charge in [0.1, 0.15) is 0 Å². The third kappa shape index (κ3) is 26.3. The summed E-state index contributed by atoms with van der Waals surface area (Å²) in [5.41, 5.74) is 0. The summed E-state index contributed by atoms with van der Waals surface area (Å²) in [4.78, 5) is 10.2. The number of hydrogen-bond acceptors (Lipinski definition) is 3. The molecular formula is C20H44O4. The van der Waals surface area contributed by atoms with Gasteiger partial charge in [0.15, 0.2) is 0 Å². The van der Waals surface area contributed by atoms with Crippen molar-refractivity contribution >= 4 is 5.97 Å². The lowest BCUT2D eigenvalue weighted by atomic mass is 10.1. The van der Waals surface area contributed by atoms with E-state index in [1.807, 2.05) is 0 Å². The standard InChI is InChI=1S/C7H14O2.C7H16O.C6H14O/c1-3-4-5-6(2)7(8)9;1-3-4-5-7(2)6-8;1-3-4-6(2)5-7/h6H,3-5H2,1-2H3,(H,8,9);7-8H,3-6H2,1-2H3;6-7H,3-5H2,1-2H3. The molecule has 0 bridgehead atoms. The van der Waals surface area contributed by atoms with Gasteiger partial charge >= 0.3 is 5.97 Å². The van der Waals surface area contributed by atoms with E-state index in [0.29, 0.717) is 25.0 Å². The molecule has 0 aliphatic heterocycles. The van der Waals surface area contributed by atoms with Crippen molar-refractivity contribution in [2.75, 3.05) is 13.2 Å². The Hall–Kier alpha value is -0.610. The first-order chi connectivity index (χ1) is 11.3. The number of carbonyl (C=O) groups is 1. The van der Waals surface area contributed by atoms with Gasteiger partial charge in [-0.25, -0.2) is 0 Å². The first-order valence-corrected chi connectivity index (χ1v) is 9.74. The molecule has 4 nitrogen and oxygen atoms in total. The Balaban J connectivity index is -0.000000278. The molecule has 3 unspecified atom stereocenters. The second-order valence-electron chi connectivity index (χ2n) is 6.89. The lowest BCUT2D eigenvalue weighted by Gasteiger charge is -2.03. The van der Waals surface area contributed by atoms with Crippen LogP contribution in [0.15, 0.2) is 0 Å². The van der Waals surface area contributed by atoms with Gasteiger partial charge in [-0.3, -0.25) is 4.79 Å². The first-order valence-electron chi connectivity index (χ1n) is 9.74. The van der Waals surface area contributed by atoms with Crippen LogP contribution in [-0.4, -0.2) is 34.5 Å². The normalized spacial score (nSPS) is 13.7. The summed E-state index contributed by atoms with van der Waals surface area (Å²) in [5, 5.41) is 25.4. The quantitative estimate of drug-likeness (QED) is 0.484. The predicted molar refractivity (Wildman–Crippen MR) is 103 cm³/mol. The van der Waals surface area contributed by atoms with E-state index in [0.717, 1.165) is 25.7 Å². The minimum Gasteiger partial charge on any atom is -0.481 e. The van der Waals surface area contributed by atoms with Gasteiger partial charge in [0.25, 0.3) is 0 Å². The lowest BCUT2D eigenvalue weighted by Crippen LogP contribution is -2.08. The minimum atomic E-state index is -0.677. The molecule has 0 aromatic rings. The number of aliphatic carboxylic acids is 1. The molecule has 0 heterocycles. The molecule has 0 rings (SSSR count). The van der Waals surface area contributed by atoms with Crippen LogP contribution >= 0.6 is 0 Å². The van der Waals surface area contributed by atoms with Crippen molar-refractivity contribution < 1.29 is 20.1 Å². The number of hydrogen-bond donors (Lipinski definition) is 3. The molecule has 0 aromatic carbocycles. The smallest absolute Gasteiger partial charge is 0.306 e. The first kappa shape index (κ1) is 28.2. The summed E-state index contributed by atoms with van der Waals surface area (Å²) in [6.45, 7) is 12.9. The second-order valence-corrected chi connectivity index (χ2v) is 6.89. The van der Waals surface area contributed by atoms with Gasteiger partial charge in [-0.15, -0.1) is 0 Å². The number of aliphatic hydroxyl groups excluding tert-OH is 2. The topological polar surface area (TPSA) is 77.8 Å².